The first kappa shape index (κ1) is 11.3. The van der Waals surface area contributed by atoms with Crippen LogP contribution in [0.3, 0.4) is 0 Å². The topological polar surface area (TPSA) is 56.7 Å². The van der Waals surface area contributed by atoms with Gasteiger partial charge in [0.05, 0.1) is 5.69 Å². The molecule has 1 heterocycles. The van der Waals surface area contributed by atoms with Crippen molar-refractivity contribution >= 4 is 15.9 Å². The minimum absolute atomic E-state index is 0.576. The highest BCUT2D eigenvalue weighted by Gasteiger charge is 2.08. The Hall–Kier alpha value is -1.20. The molecule has 0 fully saturated rings. The van der Waals surface area contributed by atoms with Crippen molar-refractivity contribution in [3.63, 3.8) is 0 Å². The lowest BCUT2D eigenvalue weighted by atomic mass is 10.3. The van der Waals surface area contributed by atoms with Crippen LogP contribution in [0.15, 0.2) is 28.7 Å². The molecule has 0 aliphatic heterocycles. The summed E-state index contributed by atoms with van der Waals surface area (Å²) in [6.07, 6.45) is 0.730. The molecule has 2 aromatic rings. The number of hydrogen-bond acceptors (Lipinski definition) is 3. The van der Waals surface area contributed by atoms with Gasteiger partial charge >= 0.3 is 0 Å². The fourth-order valence-corrected chi connectivity index (χ4v) is 1.95. The van der Waals surface area contributed by atoms with E-state index in [9.17, 15) is 0 Å². The Kier molecular flexibility index (Phi) is 3.36. The van der Waals surface area contributed by atoms with Crippen LogP contribution in [0.4, 0.5) is 0 Å². The van der Waals surface area contributed by atoms with E-state index < -0.39 is 0 Å². The van der Waals surface area contributed by atoms with E-state index in [1.165, 1.54) is 0 Å². The van der Waals surface area contributed by atoms with Crippen LogP contribution in [-0.4, -0.2) is 21.3 Å². The van der Waals surface area contributed by atoms with Crippen molar-refractivity contribution in [2.75, 3.05) is 6.54 Å². The molecule has 16 heavy (non-hydrogen) atoms. The van der Waals surface area contributed by atoms with Gasteiger partial charge in [-0.3, -0.25) is 0 Å². The molecule has 0 radical (unpaired) electrons. The molecule has 0 unspecified atom stereocenters. The Balaban J connectivity index is 2.46. The zero-order valence-electron chi connectivity index (χ0n) is 9.02. The van der Waals surface area contributed by atoms with Gasteiger partial charge < -0.3 is 5.73 Å². The maximum Gasteiger partial charge on any atom is 0.148 e. The van der Waals surface area contributed by atoms with Gasteiger partial charge in [-0.2, -0.15) is 5.10 Å². The summed E-state index contributed by atoms with van der Waals surface area (Å²) in [5, 5.41) is 4.37. The number of halogens is 1. The monoisotopic (exact) mass is 280 g/mol. The molecular formula is C11H13BrN4. The van der Waals surface area contributed by atoms with E-state index in [2.05, 4.69) is 26.0 Å². The number of aryl methyl sites for hydroxylation is 1. The maximum absolute atomic E-state index is 5.56. The molecule has 0 atom stereocenters. The van der Waals surface area contributed by atoms with Gasteiger partial charge in [-0.1, -0.05) is 22.0 Å². The lowest BCUT2D eigenvalue weighted by Gasteiger charge is -2.05. The molecule has 0 saturated heterocycles. The molecule has 1 aromatic carbocycles. The van der Waals surface area contributed by atoms with Gasteiger partial charge in [-0.15, -0.1) is 0 Å². The summed E-state index contributed by atoms with van der Waals surface area (Å²) in [7, 11) is 0. The van der Waals surface area contributed by atoms with Gasteiger partial charge in [0.1, 0.15) is 11.6 Å². The first-order chi connectivity index (χ1) is 7.70. The fraction of sp³-hybridized carbons (Fsp3) is 0.273. The highest BCUT2D eigenvalue weighted by atomic mass is 79.9. The van der Waals surface area contributed by atoms with Crippen molar-refractivity contribution < 1.29 is 0 Å². The smallest absolute Gasteiger partial charge is 0.148 e. The minimum atomic E-state index is 0.576. The van der Waals surface area contributed by atoms with E-state index in [4.69, 9.17) is 5.73 Å². The fourth-order valence-electron chi connectivity index (χ4n) is 1.56. The number of nitrogens with zero attached hydrogens (tertiary/aromatic N) is 3. The Morgan fingerprint density at radius 1 is 1.44 bits per heavy atom. The molecule has 2 rings (SSSR count). The average Bonchev–Trinajstić information content (AvgIpc) is 2.60. The quantitative estimate of drug-likeness (QED) is 0.934. The minimum Gasteiger partial charge on any atom is -0.330 e. The third-order valence-corrected chi connectivity index (χ3v) is 2.69. The number of nitrogens with two attached hydrogens (primary N) is 1. The van der Waals surface area contributed by atoms with E-state index in [-0.39, 0.29) is 0 Å². The van der Waals surface area contributed by atoms with Crippen molar-refractivity contribution in [3.8, 4) is 5.69 Å². The summed E-state index contributed by atoms with van der Waals surface area (Å²) < 4.78 is 2.87. The summed E-state index contributed by atoms with van der Waals surface area (Å²) >= 11 is 3.44. The first-order valence-electron chi connectivity index (χ1n) is 5.09. The first-order valence-corrected chi connectivity index (χ1v) is 5.88. The van der Waals surface area contributed by atoms with Crippen molar-refractivity contribution in [1.29, 1.82) is 0 Å². The SMILES string of the molecule is Cc1nc(CCN)n(-c2cccc(Br)c2)n1. The zero-order chi connectivity index (χ0) is 11.5. The van der Waals surface area contributed by atoms with Crippen LogP contribution in [-0.2, 0) is 6.42 Å². The molecule has 0 spiro atoms. The van der Waals surface area contributed by atoms with Crippen LogP contribution in [0.1, 0.15) is 11.6 Å². The molecule has 0 aliphatic rings. The largest absolute Gasteiger partial charge is 0.330 e. The predicted octanol–water partition coefficient (Wildman–Crippen LogP) is 1.84. The predicted molar refractivity (Wildman–Crippen MR) is 66.6 cm³/mol. The third-order valence-electron chi connectivity index (χ3n) is 2.20. The summed E-state index contributed by atoms with van der Waals surface area (Å²) in [6, 6.07) is 7.96. The normalized spacial score (nSPS) is 10.7. The molecular weight excluding hydrogens is 268 g/mol. The van der Waals surface area contributed by atoms with Gasteiger partial charge in [-0.05, 0) is 31.7 Å². The van der Waals surface area contributed by atoms with Crippen LogP contribution in [0.5, 0.6) is 0 Å². The molecule has 84 valence electrons. The van der Waals surface area contributed by atoms with E-state index in [0.29, 0.717) is 6.54 Å². The summed E-state index contributed by atoms with van der Waals surface area (Å²) in [5.74, 6) is 1.67. The van der Waals surface area contributed by atoms with Gasteiger partial charge in [0.2, 0.25) is 0 Å². The Morgan fingerprint density at radius 2 is 2.25 bits per heavy atom. The number of aromatic nitrogens is 3. The average molecular weight is 281 g/mol. The van der Waals surface area contributed by atoms with E-state index in [1.54, 1.807) is 0 Å². The van der Waals surface area contributed by atoms with Crippen molar-refractivity contribution in [3.05, 3.63) is 40.4 Å². The molecule has 0 aliphatic carbocycles. The molecule has 0 saturated carbocycles. The molecule has 1 aromatic heterocycles. The van der Waals surface area contributed by atoms with Gasteiger partial charge in [0, 0.05) is 10.9 Å². The summed E-state index contributed by atoms with van der Waals surface area (Å²) in [5.41, 5.74) is 6.55. The molecule has 5 heteroatoms. The summed E-state index contributed by atoms with van der Waals surface area (Å²) in [6.45, 7) is 2.46. The number of hydrogen-bond donors (Lipinski definition) is 1. The lowest BCUT2D eigenvalue weighted by Crippen LogP contribution is -2.09. The second kappa shape index (κ2) is 4.76. The number of benzene rings is 1. The highest BCUT2D eigenvalue weighted by Crippen LogP contribution is 2.16. The van der Waals surface area contributed by atoms with Crippen LogP contribution in [0.25, 0.3) is 5.69 Å². The van der Waals surface area contributed by atoms with E-state index >= 15 is 0 Å². The van der Waals surface area contributed by atoms with E-state index in [0.717, 1.165) is 28.2 Å². The Bertz CT molecular complexity index is 492. The molecule has 0 amide bonds. The Labute approximate surface area is 103 Å². The van der Waals surface area contributed by atoms with Crippen molar-refractivity contribution in [2.24, 2.45) is 5.73 Å². The van der Waals surface area contributed by atoms with Crippen LogP contribution >= 0.6 is 15.9 Å². The second-order valence-electron chi connectivity index (χ2n) is 3.51. The standard InChI is InChI=1S/C11H13BrN4/c1-8-14-11(5-6-13)16(15-8)10-4-2-3-9(12)7-10/h2-4,7H,5-6,13H2,1H3. The highest BCUT2D eigenvalue weighted by molar-refractivity contribution is 9.10. The Morgan fingerprint density at radius 3 is 2.94 bits per heavy atom. The van der Waals surface area contributed by atoms with Gasteiger partial charge in [0.15, 0.2) is 0 Å². The van der Waals surface area contributed by atoms with Crippen molar-refractivity contribution in [2.45, 2.75) is 13.3 Å². The third kappa shape index (κ3) is 2.31. The van der Waals surface area contributed by atoms with Crippen LogP contribution in [0.2, 0.25) is 0 Å². The maximum atomic E-state index is 5.56. The van der Waals surface area contributed by atoms with Crippen LogP contribution in [0, 0.1) is 6.92 Å². The zero-order valence-corrected chi connectivity index (χ0v) is 10.6. The van der Waals surface area contributed by atoms with E-state index in [1.807, 2.05) is 35.9 Å². The number of rotatable bonds is 3. The van der Waals surface area contributed by atoms with Crippen molar-refractivity contribution in [1.82, 2.24) is 14.8 Å². The summed E-state index contributed by atoms with van der Waals surface area (Å²) in [4.78, 5) is 4.36. The van der Waals surface area contributed by atoms with Gasteiger partial charge in [0.25, 0.3) is 0 Å². The lowest BCUT2D eigenvalue weighted by molar-refractivity contribution is 0.773. The van der Waals surface area contributed by atoms with Gasteiger partial charge in [-0.25, -0.2) is 9.67 Å². The molecule has 2 N–H and O–H groups in total. The van der Waals surface area contributed by atoms with Crippen LogP contribution < -0.4 is 5.73 Å². The molecule has 4 nitrogen and oxygen atoms in total. The molecule has 0 bridgehead atoms. The second-order valence-corrected chi connectivity index (χ2v) is 4.42.